The van der Waals surface area contributed by atoms with Crippen LogP contribution in [0.3, 0.4) is 0 Å². The highest BCUT2D eigenvalue weighted by molar-refractivity contribution is 7.98. The summed E-state index contributed by atoms with van der Waals surface area (Å²) in [5.41, 5.74) is 1.96. The normalized spacial score (nSPS) is 10.6. The molecule has 3 rings (SSSR count). The van der Waals surface area contributed by atoms with Gasteiger partial charge in [0.05, 0.1) is 19.8 Å². The van der Waals surface area contributed by atoms with Gasteiger partial charge < -0.3 is 9.47 Å². The van der Waals surface area contributed by atoms with E-state index in [9.17, 15) is 0 Å². The summed E-state index contributed by atoms with van der Waals surface area (Å²) in [6, 6.07) is 13.3. The number of aromatic amines is 1. The number of hydrogen-bond donors (Lipinski definition) is 1. The number of thioether (sulfide) groups is 1. The highest BCUT2D eigenvalue weighted by Crippen LogP contribution is 2.32. The number of H-pyrrole nitrogens is 1. The molecular formula is C17H16ClN3O2S. The van der Waals surface area contributed by atoms with Crippen LogP contribution in [0.25, 0.3) is 11.4 Å². The molecule has 1 N–H and O–H groups in total. The Balaban J connectivity index is 1.76. The van der Waals surface area contributed by atoms with E-state index < -0.39 is 0 Å². The first-order chi connectivity index (χ1) is 11.7. The van der Waals surface area contributed by atoms with Gasteiger partial charge in [-0.2, -0.15) is 0 Å². The molecule has 0 aliphatic heterocycles. The largest absolute Gasteiger partial charge is 0.497 e. The summed E-state index contributed by atoms with van der Waals surface area (Å²) in [5, 5.41) is 8.61. The summed E-state index contributed by atoms with van der Waals surface area (Å²) in [5.74, 6) is 2.81. The van der Waals surface area contributed by atoms with Crippen LogP contribution in [0.5, 0.6) is 11.5 Å². The fourth-order valence-corrected chi connectivity index (χ4v) is 3.15. The van der Waals surface area contributed by atoms with Crippen LogP contribution in [0.1, 0.15) is 5.56 Å². The minimum Gasteiger partial charge on any atom is -0.497 e. The molecule has 0 amide bonds. The number of nitrogens with zero attached hydrogens (tertiary/aromatic N) is 2. The molecule has 0 radical (unpaired) electrons. The average Bonchev–Trinajstić information content (AvgIpc) is 3.08. The molecule has 0 unspecified atom stereocenters. The first kappa shape index (κ1) is 16.7. The van der Waals surface area contributed by atoms with Crippen molar-refractivity contribution in [2.75, 3.05) is 14.2 Å². The minimum absolute atomic E-state index is 0.656. The Labute approximate surface area is 149 Å². The van der Waals surface area contributed by atoms with Crippen molar-refractivity contribution in [1.82, 2.24) is 15.2 Å². The van der Waals surface area contributed by atoms with Crippen LogP contribution in [0.2, 0.25) is 5.02 Å². The van der Waals surface area contributed by atoms with Gasteiger partial charge in [0.1, 0.15) is 11.5 Å². The molecule has 24 heavy (non-hydrogen) atoms. The summed E-state index contributed by atoms with van der Waals surface area (Å²) >= 11 is 7.54. The molecule has 1 heterocycles. The number of halogens is 1. The number of benzene rings is 2. The average molecular weight is 362 g/mol. The maximum atomic E-state index is 6.00. The molecule has 1 aromatic heterocycles. The van der Waals surface area contributed by atoms with E-state index in [1.807, 2.05) is 42.5 Å². The smallest absolute Gasteiger partial charge is 0.209 e. The van der Waals surface area contributed by atoms with Crippen LogP contribution >= 0.6 is 23.4 Å². The molecule has 0 aliphatic rings. The molecule has 0 spiro atoms. The molecule has 0 saturated carbocycles. The molecule has 0 aliphatic carbocycles. The van der Waals surface area contributed by atoms with Gasteiger partial charge in [0.25, 0.3) is 0 Å². The number of ether oxygens (including phenoxy) is 2. The number of methoxy groups -OCH3 is 2. The van der Waals surface area contributed by atoms with Crippen LogP contribution < -0.4 is 9.47 Å². The van der Waals surface area contributed by atoms with E-state index in [0.717, 1.165) is 27.7 Å². The first-order valence-electron chi connectivity index (χ1n) is 7.21. The van der Waals surface area contributed by atoms with Crippen LogP contribution in [-0.2, 0) is 5.75 Å². The maximum Gasteiger partial charge on any atom is 0.209 e. The van der Waals surface area contributed by atoms with Crippen molar-refractivity contribution >= 4 is 23.4 Å². The minimum atomic E-state index is 0.656. The zero-order valence-corrected chi connectivity index (χ0v) is 14.8. The molecule has 0 atom stereocenters. The third-order valence-corrected chi connectivity index (χ3v) is 4.54. The zero-order chi connectivity index (χ0) is 16.9. The fourth-order valence-electron chi connectivity index (χ4n) is 2.20. The molecule has 0 bridgehead atoms. The molecule has 5 nitrogen and oxygen atoms in total. The van der Waals surface area contributed by atoms with Crippen molar-refractivity contribution in [3.63, 3.8) is 0 Å². The number of aromatic nitrogens is 3. The summed E-state index contributed by atoms with van der Waals surface area (Å²) in [4.78, 5) is 4.52. The Bertz CT molecular complexity index is 838. The lowest BCUT2D eigenvalue weighted by atomic mass is 10.2. The lowest BCUT2D eigenvalue weighted by molar-refractivity contribution is 0.395. The Morgan fingerprint density at radius 3 is 2.75 bits per heavy atom. The van der Waals surface area contributed by atoms with Gasteiger partial charge in [0.15, 0.2) is 5.82 Å². The Hall–Kier alpha value is -2.18. The first-order valence-corrected chi connectivity index (χ1v) is 8.58. The molecule has 124 valence electrons. The summed E-state index contributed by atoms with van der Waals surface area (Å²) < 4.78 is 10.6. The van der Waals surface area contributed by atoms with E-state index >= 15 is 0 Å². The molecule has 7 heteroatoms. The zero-order valence-electron chi connectivity index (χ0n) is 13.2. The van der Waals surface area contributed by atoms with Crippen molar-refractivity contribution in [1.29, 1.82) is 0 Å². The van der Waals surface area contributed by atoms with Gasteiger partial charge in [0, 0.05) is 16.8 Å². The van der Waals surface area contributed by atoms with Gasteiger partial charge in [-0.25, -0.2) is 4.98 Å². The van der Waals surface area contributed by atoms with Crippen molar-refractivity contribution in [2.45, 2.75) is 10.9 Å². The third kappa shape index (κ3) is 3.83. The number of nitrogens with one attached hydrogen (secondary N) is 1. The lowest BCUT2D eigenvalue weighted by Crippen LogP contribution is -1.91. The highest BCUT2D eigenvalue weighted by Gasteiger charge is 2.12. The standard InChI is InChI=1S/C17H16ClN3O2S/c1-22-13-6-7-14(15(9-13)23-2)16-19-17(21-20-16)24-10-11-4-3-5-12(18)8-11/h3-9H,10H2,1-2H3,(H,19,20,21). The van der Waals surface area contributed by atoms with Crippen LogP contribution in [0.15, 0.2) is 47.6 Å². The second kappa shape index (κ2) is 7.59. The topological polar surface area (TPSA) is 60.0 Å². The lowest BCUT2D eigenvalue weighted by Gasteiger charge is -2.07. The van der Waals surface area contributed by atoms with Gasteiger partial charge in [-0.15, -0.1) is 5.10 Å². The maximum absolute atomic E-state index is 6.00. The van der Waals surface area contributed by atoms with E-state index in [1.165, 1.54) is 0 Å². The monoisotopic (exact) mass is 361 g/mol. The molecule has 0 fully saturated rings. The van der Waals surface area contributed by atoms with E-state index in [0.29, 0.717) is 16.7 Å². The van der Waals surface area contributed by atoms with Crippen molar-refractivity contribution < 1.29 is 9.47 Å². The number of hydrogen-bond acceptors (Lipinski definition) is 5. The quantitative estimate of drug-likeness (QED) is 0.658. The van der Waals surface area contributed by atoms with Crippen molar-refractivity contribution in [2.24, 2.45) is 0 Å². The van der Waals surface area contributed by atoms with Gasteiger partial charge in [-0.3, -0.25) is 5.10 Å². The SMILES string of the molecule is COc1ccc(-c2nc(SCc3cccc(Cl)c3)n[nH]2)c(OC)c1. The summed E-state index contributed by atoms with van der Waals surface area (Å²) in [7, 11) is 3.23. The second-order valence-electron chi connectivity index (χ2n) is 4.95. The van der Waals surface area contributed by atoms with Crippen LogP contribution in [0.4, 0.5) is 0 Å². The summed E-state index contributed by atoms with van der Waals surface area (Å²) in [6.07, 6.45) is 0. The van der Waals surface area contributed by atoms with E-state index in [2.05, 4.69) is 15.2 Å². The van der Waals surface area contributed by atoms with Gasteiger partial charge in [-0.05, 0) is 29.8 Å². The van der Waals surface area contributed by atoms with E-state index in [4.69, 9.17) is 21.1 Å². The molecule has 2 aromatic carbocycles. The van der Waals surface area contributed by atoms with Crippen molar-refractivity contribution in [3.05, 3.63) is 53.1 Å². The Morgan fingerprint density at radius 2 is 2.00 bits per heavy atom. The Kier molecular flexibility index (Phi) is 5.27. The third-order valence-electron chi connectivity index (χ3n) is 3.39. The predicted octanol–water partition coefficient (Wildman–Crippen LogP) is 4.43. The van der Waals surface area contributed by atoms with Gasteiger partial charge in [-0.1, -0.05) is 35.5 Å². The summed E-state index contributed by atoms with van der Waals surface area (Å²) in [6.45, 7) is 0. The molecular weight excluding hydrogens is 346 g/mol. The van der Waals surface area contributed by atoms with E-state index in [-0.39, 0.29) is 0 Å². The van der Waals surface area contributed by atoms with Gasteiger partial charge in [0.2, 0.25) is 5.16 Å². The fraction of sp³-hybridized carbons (Fsp3) is 0.176. The van der Waals surface area contributed by atoms with Crippen LogP contribution in [0, 0.1) is 0 Å². The Morgan fingerprint density at radius 1 is 1.12 bits per heavy atom. The second-order valence-corrected chi connectivity index (χ2v) is 6.33. The molecule has 0 saturated heterocycles. The predicted molar refractivity (Wildman–Crippen MR) is 95.9 cm³/mol. The highest BCUT2D eigenvalue weighted by atomic mass is 35.5. The van der Waals surface area contributed by atoms with Crippen LogP contribution in [-0.4, -0.2) is 29.4 Å². The molecule has 3 aromatic rings. The van der Waals surface area contributed by atoms with E-state index in [1.54, 1.807) is 26.0 Å². The number of rotatable bonds is 6. The van der Waals surface area contributed by atoms with Gasteiger partial charge >= 0.3 is 0 Å². The van der Waals surface area contributed by atoms with Crippen molar-refractivity contribution in [3.8, 4) is 22.9 Å².